The Balaban J connectivity index is 1.59. The number of hydrogen-bond acceptors (Lipinski definition) is 5. The molecule has 0 unspecified atom stereocenters. The number of amides is 2. The molecule has 1 aromatic heterocycles. The highest BCUT2D eigenvalue weighted by molar-refractivity contribution is 5.95. The van der Waals surface area contributed by atoms with Crippen LogP contribution in [0.1, 0.15) is 36.5 Å². The second-order valence-electron chi connectivity index (χ2n) is 8.15. The Morgan fingerprint density at radius 2 is 1.69 bits per heavy atom. The minimum Gasteiger partial charge on any atom is -0.431 e. The molecule has 0 saturated carbocycles. The van der Waals surface area contributed by atoms with Crippen LogP contribution < -0.4 is 10.3 Å². The van der Waals surface area contributed by atoms with E-state index in [1.807, 2.05) is 6.92 Å². The number of halogens is 3. The van der Waals surface area contributed by atoms with E-state index in [0.717, 1.165) is 12.8 Å². The molecule has 0 bridgehead atoms. The van der Waals surface area contributed by atoms with E-state index in [1.165, 1.54) is 17.0 Å². The number of aromatic nitrogens is 2. The van der Waals surface area contributed by atoms with E-state index in [9.17, 15) is 23.2 Å². The first-order valence-corrected chi connectivity index (χ1v) is 11.2. The van der Waals surface area contributed by atoms with Crippen LogP contribution in [0.2, 0.25) is 0 Å². The fraction of sp³-hybridized carbons (Fsp3) is 0.333. The van der Waals surface area contributed by atoms with Crippen molar-refractivity contribution < 1.29 is 27.5 Å². The Hall–Kier alpha value is -3.89. The summed E-state index contributed by atoms with van der Waals surface area (Å²) in [5, 5.41) is 6.13. The molecule has 1 aliphatic rings. The van der Waals surface area contributed by atoms with Gasteiger partial charge in [0.2, 0.25) is 23.4 Å². The average Bonchev–Trinajstić information content (AvgIpc) is 2.88. The molecule has 2 aromatic carbocycles. The number of ether oxygens (including phenoxy) is 1. The van der Waals surface area contributed by atoms with E-state index in [1.54, 1.807) is 17.0 Å². The number of unbranched alkanes of at least 4 members (excludes halogenated alkanes) is 1. The molecule has 0 atom stereocenters. The average molecular weight is 488 g/mol. The van der Waals surface area contributed by atoms with Crippen molar-refractivity contribution in [2.24, 2.45) is 0 Å². The summed E-state index contributed by atoms with van der Waals surface area (Å²) in [7, 11) is 0. The molecule has 1 fully saturated rings. The van der Waals surface area contributed by atoms with E-state index < -0.39 is 40.2 Å². The molecule has 0 aliphatic carbocycles. The van der Waals surface area contributed by atoms with Crippen LogP contribution in [0.5, 0.6) is 11.6 Å². The SMILES string of the molecule is CCCCC(=O)N1CCN(C(=O)c2cc(F)c(F)c(Oc3n[nH]c(=O)c4ccccc34)c2F)CC1. The molecule has 1 saturated heterocycles. The van der Waals surface area contributed by atoms with Crippen molar-refractivity contribution in [1.82, 2.24) is 20.0 Å². The highest BCUT2D eigenvalue weighted by Gasteiger charge is 2.30. The Morgan fingerprint density at radius 1 is 1.03 bits per heavy atom. The molecule has 4 rings (SSSR count). The third-order valence-electron chi connectivity index (χ3n) is 5.87. The zero-order valence-electron chi connectivity index (χ0n) is 18.9. The minimum atomic E-state index is -1.64. The Kier molecular flexibility index (Phi) is 7.04. The van der Waals surface area contributed by atoms with Crippen LogP contribution in [-0.2, 0) is 4.79 Å². The van der Waals surface area contributed by atoms with Crippen LogP contribution in [0.3, 0.4) is 0 Å². The Bertz CT molecular complexity index is 1340. The smallest absolute Gasteiger partial charge is 0.272 e. The number of carbonyl (C=O) groups is 2. The summed E-state index contributed by atoms with van der Waals surface area (Å²) in [6.45, 7) is 2.75. The normalized spacial score (nSPS) is 13.8. The predicted molar refractivity (Wildman–Crippen MR) is 121 cm³/mol. The summed E-state index contributed by atoms with van der Waals surface area (Å²) in [6, 6.07) is 6.55. The van der Waals surface area contributed by atoms with Gasteiger partial charge in [0, 0.05) is 32.6 Å². The quantitative estimate of drug-likeness (QED) is 0.535. The molecule has 2 amide bonds. The first-order valence-electron chi connectivity index (χ1n) is 11.2. The van der Waals surface area contributed by atoms with Crippen molar-refractivity contribution in [3.05, 3.63) is 63.7 Å². The molecule has 1 aliphatic heterocycles. The lowest BCUT2D eigenvalue weighted by atomic mass is 10.1. The van der Waals surface area contributed by atoms with E-state index in [-0.39, 0.29) is 48.7 Å². The largest absolute Gasteiger partial charge is 0.431 e. The summed E-state index contributed by atoms with van der Waals surface area (Å²) >= 11 is 0. The van der Waals surface area contributed by atoms with E-state index in [2.05, 4.69) is 10.2 Å². The zero-order chi connectivity index (χ0) is 25.1. The van der Waals surface area contributed by atoms with E-state index in [4.69, 9.17) is 4.74 Å². The maximum atomic E-state index is 15.3. The molecule has 35 heavy (non-hydrogen) atoms. The van der Waals surface area contributed by atoms with Gasteiger partial charge in [-0.2, -0.15) is 4.39 Å². The molecular formula is C24H23F3N4O4. The van der Waals surface area contributed by atoms with Gasteiger partial charge in [-0.1, -0.05) is 25.5 Å². The van der Waals surface area contributed by atoms with E-state index in [0.29, 0.717) is 12.5 Å². The Morgan fingerprint density at radius 3 is 2.37 bits per heavy atom. The molecule has 11 heteroatoms. The van der Waals surface area contributed by atoms with Crippen molar-refractivity contribution in [3.8, 4) is 11.6 Å². The van der Waals surface area contributed by atoms with Crippen LogP contribution in [-0.4, -0.2) is 58.0 Å². The molecule has 0 spiro atoms. The number of hydrogen-bond donors (Lipinski definition) is 1. The van der Waals surface area contributed by atoms with Gasteiger partial charge in [0.05, 0.1) is 16.3 Å². The van der Waals surface area contributed by atoms with Gasteiger partial charge in [-0.05, 0) is 24.6 Å². The number of carbonyl (C=O) groups excluding carboxylic acids is 2. The van der Waals surface area contributed by atoms with Gasteiger partial charge in [-0.3, -0.25) is 14.4 Å². The first kappa shape index (κ1) is 24.2. The van der Waals surface area contributed by atoms with Crippen molar-refractivity contribution in [1.29, 1.82) is 0 Å². The van der Waals surface area contributed by atoms with Gasteiger partial charge in [0.1, 0.15) is 0 Å². The number of nitrogens with zero attached hydrogens (tertiary/aromatic N) is 3. The van der Waals surface area contributed by atoms with Gasteiger partial charge < -0.3 is 14.5 Å². The summed E-state index contributed by atoms with van der Waals surface area (Å²) in [4.78, 5) is 40.0. The highest BCUT2D eigenvalue weighted by atomic mass is 19.2. The third kappa shape index (κ3) is 4.84. The second kappa shape index (κ2) is 10.2. The van der Waals surface area contributed by atoms with Crippen molar-refractivity contribution in [3.63, 3.8) is 0 Å². The van der Waals surface area contributed by atoms with Crippen molar-refractivity contribution in [2.45, 2.75) is 26.2 Å². The molecule has 184 valence electrons. The number of piperazine rings is 1. The topological polar surface area (TPSA) is 95.6 Å². The lowest BCUT2D eigenvalue weighted by Gasteiger charge is -2.35. The van der Waals surface area contributed by atoms with Crippen molar-refractivity contribution >= 4 is 22.6 Å². The van der Waals surface area contributed by atoms with Crippen LogP contribution >= 0.6 is 0 Å². The first-order chi connectivity index (χ1) is 16.8. The summed E-state index contributed by atoms with van der Waals surface area (Å²) in [5.41, 5.74) is -1.25. The number of rotatable bonds is 6. The number of H-pyrrole nitrogens is 1. The van der Waals surface area contributed by atoms with Crippen LogP contribution in [0.25, 0.3) is 10.8 Å². The van der Waals surface area contributed by atoms with Crippen LogP contribution in [0.4, 0.5) is 13.2 Å². The van der Waals surface area contributed by atoms with Crippen LogP contribution in [0, 0.1) is 17.5 Å². The van der Waals surface area contributed by atoms with Gasteiger partial charge in [-0.15, -0.1) is 5.10 Å². The fourth-order valence-corrected chi connectivity index (χ4v) is 3.91. The van der Waals surface area contributed by atoms with Gasteiger partial charge >= 0.3 is 0 Å². The molecular weight excluding hydrogens is 465 g/mol. The lowest BCUT2D eigenvalue weighted by molar-refractivity contribution is -0.132. The lowest BCUT2D eigenvalue weighted by Crippen LogP contribution is -2.50. The molecule has 3 aromatic rings. The van der Waals surface area contributed by atoms with Gasteiger partial charge in [0.15, 0.2) is 11.6 Å². The number of fused-ring (bicyclic) bond motifs is 1. The van der Waals surface area contributed by atoms with Gasteiger partial charge in [0.25, 0.3) is 11.5 Å². The maximum absolute atomic E-state index is 15.3. The monoisotopic (exact) mass is 488 g/mol. The van der Waals surface area contributed by atoms with Crippen molar-refractivity contribution in [2.75, 3.05) is 26.2 Å². The molecule has 8 nitrogen and oxygen atoms in total. The molecule has 2 heterocycles. The molecule has 1 N–H and O–H groups in total. The number of benzene rings is 2. The number of nitrogens with one attached hydrogen (secondary N) is 1. The number of aromatic amines is 1. The predicted octanol–water partition coefficient (Wildman–Crippen LogP) is 3.61. The van der Waals surface area contributed by atoms with E-state index >= 15 is 4.39 Å². The Labute approximate surface area is 198 Å². The van der Waals surface area contributed by atoms with Crippen LogP contribution in [0.15, 0.2) is 35.1 Å². The van der Waals surface area contributed by atoms with Gasteiger partial charge in [-0.25, -0.2) is 13.9 Å². The third-order valence-corrected chi connectivity index (χ3v) is 5.87. The summed E-state index contributed by atoms with van der Waals surface area (Å²) < 4.78 is 49.5. The molecule has 0 radical (unpaired) electrons. The maximum Gasteiger partial charge on any atom is 0.272 e. The minimum absolute atomic E-state index is 0.0192. The second-order valence-corrected chi connectivity index (χ2v) is 8.15. The summed E-state index contributed by atoms with van der Waals surface area (Å²) in [5.74, 6) is -6.89. The highest BCUT2D eigenvalue weighted by Crippen LogP contribution is 2.33. The standard InChI is InChI=1S/C24H23F3N4O4/c1-2-3-8-18(32)30-9-11-31(12-10-30)24(34)16-13-17(25)20(27)21(19(16)26)35-23-15-7-5-4-6-14(15)22(33)28-29-23/h4-7,13H,2-3,8-12H2,1H3,(H,28,33). The zero-order valence-corrected chi connectivity index (χ0v) is 18.9. The fourth-order valence-electron chi connectivity index (χ4n) is 3.91. The summed E-state index contributed by atoms with van der Waals surface area (Å²) in [6.07, 6.45) is 2.06.